The zero-order chi connectivity index (χ0) is 8.39. The average Bonchev–Trinajstić information content (AvgIpc) is 2.90. The van der Waals surface area contributed by atoms with Crippen LogP contribution in [0.4, 0.5) is 0 Å². The minimum Gasteiger partial charge on any atom is -0.373 e. The maximum Gasteiger partial charge on any atom is 0.0850 e. The summed E-state index contributed by atoms with van der Waals surface area (Å²) < 4.78 is 5.13. The molecule has 1 aliphatic rings. The number of rotatable bonds is 2. The summed E-state index contributed by atoms with van der Waals surface area (Å²) >= 11 is 0. The molecule has 1 aromatic carbocycles. The Hall–Kier alpha value is -1.26. The van der Waals surface area contributed by atoms with E-state index >= 15 is 0 Å². The maximum absolute atomic E-state index is 5.24. The van der Waals surface area contributed by atoms with Crippen molar-refractivity contribution in [2.24, 2.45) is 0 Å². The molecule has 12 heavy (non-hydrogen) atoms. The molecule has 2 rings (SSSR count). The van der Waals surface area contributed by atoms with Crippen molar-refractivity contribution in [1.82, 2.24) is 0 Å². The van der Waals surface area contributed by atoms with Crippen LogP contribution in [0.2, 0.25) is 0 Å². The van der Waals surface area contributed by atoms with Crippen molar-refractivity contribution in [1.29, 1.82) is 0 Å². The zero-order valence-electron chi connectivity index (χ0n) is 6.79. The molecule has 1 heteroatoms. The van der Waals surface area contributed by atoms with E-state index in [1.54, 1.807) is 0 Å². The second-order valence-electron chi connectivity index (χ2n) is 3.00. The van der Waals surface area contributed by atoms with Gasteiger partial charge in [-0.25, -0.2) is 0 Å². The molecule has 1 fully saturated rings. The van der Waals surface area contributed by atoms with E-state index in [0.29, 0.717) is 6.10 Å². The van der Waals surface area contributed by atoms with Crippen molar-refractivity contribution in [2.75, 3.05) is 6.61 Å². The Bertz CT molecular complexity index is 301. The minimum absolute atomic E-state index is 0.460. The number of epoxide rings is 1. The van der Waals surface area contributed by atoms with E-state index in [1.165, 1.54) is 5.56 Å². The van der Waals surface area contributed by atoms with Gasteiger partial charge in [-0.05, 0) is 17.7 Å². The molecular formula is C11H10O. The van der Waals surface area contributed by atoms with E-state index in [9.17, 15) is 0 Å². The first-order chi connectivity index (χ1) is 5.88. The molecule has 1 heterocycles. The SMILES string of the molecule is C#Cc1ccc(CC2CO2)cc1. The fraction of sp³-hybridized carbons (Fsp3) is 0.273. The Kier molecular flexibility index (Phi) is 1.85. The Labute approximate surface area is 72.4 Å². The first-order valence-corrected chi connectivity index (χ1v) is 4.05. The van der Waals surface area contributed by atoms with Gasteiger partial charge < -0.3 is 4.74 Å². The lowest BCUT2D eigenvalue weighted by atomic mass is 10.1. The van der Waals surface area contributed by atoms with Gasteiger partial charge in [0.25, 0.3) is 0 Å². The van der Waals surface area contributed by atoms with Gasteiger partial charge in [0, 0.05) is 12.0 Å². The van der Waals surface area contributed by atoms with E-state index < -0.39 is 0 Å². The molecule has 0 bridgehead atoms. The van der Waals surface area contributed by atoms with Crippen LogP contribution in [0.1, 0.15) is 11.1 Å². The number of hydrogen-bond donors (Lipinski definition) is 0. The summed E-state index contributed by atoms with van der Waals surface area (Å²) in [4.78, 5) is 0. The predicted octanol–water partition coefficient (Wildman–Crippen LogP) is 1.61. The highest BCUT2D eigenvalue weighted by Gasteiger charge is 2.22. The Balaban J connectivity index is 2.08. The molecule has 0 aromatic heterocycles. The second kappa shape index (κ2) is 3.00. The van der Waals surface area contributed by atoms with Gasteiger partial charge in [0.15, 0.2) is 0 Å². The predicted molar refractivity (Wildman–Crippen MR) is 47.8 cm³/mol. The molecular weight excluding hydrogens is 148 g/mol. The summed E-state index contributed by atoms with van der Waals surface area (Å²) in [5, 5.41) is 0. The third-order valence-corrected chi connectivity index (χ3v) is 1.99. The maximum atomic E-state index is 5.24. The number of hydrogen-bond acceptors (Lipinski definition) is 1. The molecule has 1 aromatic rings. The number of terminal acetylenes is 1. The van der Waals surface area contributed by atoms with Gasteiger partial charge in [-0.15, -0.1) is 6.42 Å². The quantitative estimate of drug-likeness (QED) is 0.470. The van der Waals surface area contributed by atoms with Crippen LogP contribution < -0.4 is 0 Å². The van der Waals surface area contributed by atoms with Gasteiger partial charge in [0.1, 0.15) is 0 Å². The van der Waals surface area contributed by atoms with E-state index in [2.05, 4.69) is 18.1 Å². The molecule has 1 unspecified atom stereocenters. The van der Waals surface area contributed by atoms with Crippen LogP contribution in [-0.4, -0.2) is 12.7 Å². The summed E-state index contributed by atoms with van der Waals surface area (Å²) in [6.45, 7) is 0.914. The highest BCUT2D eigenvalue weighted by molar-refractivity contribution is 5.34. The number of ether oxygens (including phenoxy) is 1. The van der Waals surface area contributed by atoms with Crippen LogP contribution in [0.15, 0.2) is 24.3 Å². The second-order valence-corrected chi connectivity index (χ2v) is 3.00. The molecule has 1 aliphatic heterocycles. The minimum atomic E-state index is 0.460. The van der Waals surface area contributed by atoms with Crippen LogP contribution in [0.5, 0.6) is 0 Å². The van der Waals surface area contributed by atoms with E-state index in [1.807, 2.05) is 12.1 Å². The Morgan fingerprint density at radius 2 is 2.08 bits per heavy atom. The van der Waals surface area contributed by atoms with Crippen molar-refractivity contribution in [2.45, 2.75) is 12.5 Å². The first kappa shape index (κ1) is 7.39. The molecule has 0 N–H and O–H groups in total. The fourth-order valence-corrected chi connectivity index (χ4v) is 1.19. The standard InChI is InChI=1S/C11H10O/c1-2-9-3-5-10(6-4-9)7-11-8-12-11/h1,3-6,11H,7-8H2. The van der Waals surface area contributed by atoms with Crippen molar-refractivity contribution in [3.05, 3.63) is 35.4 Å². The van der Waals surface area contributed by atoms with Gasteiger partial charge in [0.05, 0.1) is 12.7 Å². The fourth-order valence-electron chi connectivity index (χ4n) is 1.19. The topological polar surface area (TPSA) is 12.5 Å². The van der Waals surface area contributed by atoms with Gasteiger partial charge >= 0.3 is 0 Å². The van der Waals surface area contributed by atoms with E-state index in [-0.39, 0.29) is 0 Å². The first-order valence-electron chi connectivity index (χ1n) is 4.05. The van der Waals surface area contributed by atoms with E-state index in [4.69, 9.17) is 11.2 Å². The van der Waals surface area contributed by atoms with Crippen molar-refractivity contribution in [3.8, 4) is 12.3 Å². The lowest BCUT2D eigenvalue weighted by Crippen LogP contribution is -1.92. The third-order valence-electron chi connectivity index (χ3n) is 1.99. The van der Waals surface area contributed by atoms with Gasteiger partial charge in [0.2, 0.25) is 0 Å². The highest BCUT2D eigenvalue weighted by atomic mass is 16.6. The molecule has 0 radical (unpaired) electrons. The van der Waals surface area contributed by atoms with Crippen LogP contribution in [0, 0.1) is 12.3 Å². The monoisotopic (exact) mass is 158 g/mol. The molecule has 1 atom stereocenters. The van der Waals surface area contributed by atoms with Gasteiger partial charge in [-0.1, -0.05) is 18.1 Å². The lowest BCUT2D eigenvalue weighted by Gasteiger charge is -1.96. The Morgan fingerprint density at radius 3 is 2.58 bits per heavy atom. The molecule has 1 nitrogen and oxygen atoms in total. The molecule has 60 valence electrons. The lowest BCUT2D eigenvalue weighted by molar-refractivity contribution is 0.407. The Morgan fingerprint density at radius 1 is 1.42 bits per heavy atom. The van der Waals surface area contributed by atoms with Gasteiger partial charge in [-0.3, -0.25) is 0 Å². The largest absolute Gasteiger partial charge is 0.373 e. The molecule has 0 aliphatic carbocycles. The number of benzene rings is 1. The summed E-state index contributed by atoms with van der Waals surface area (Å²) in [5.41, 5.74) is 2.24. The smallest absolute Gasteiger partial charge is 0.0850 e. The van der Waals surface area contributed by atoms with Crippen molar-refractivity contribution >= 4 is 0 Å². The van der Waals surface area contributed by atoms with Gasteiger partial charge in [-0.2, -0.15) is 0 Å². The summed E-state index contributed by atoms with van der Waals surface area (Å²) in [6.07, 6.45) is 6.72. The van der Waals surface area contributed by atoms with Crippen LogP contribution >= 0.6 is 0 Å². The summed E-state index contributed by atoms with van der Waals surface area (Å²) in [5.74, 6) is 2.59. The zero-order valence-corrected chi connectivity index (χ0v) is 6.79. The summed E-state index contributed by atoms with van der Waals surface area (Å²) in [7, 11) is 0. The third kappa shape index (κ3) is 1.66. The average molecular weight is 158 g/mol. The molecule has 0 saturated carbocycles. The normalized spacial score (nSPS) is 20.1. The van der Waals surface area contributed by atoms with Crippen LogP contribution in [0.3, 0.4) is 0 Å². The highest BCUT2D eigenvalue weighted by Crippen LogP contribution is 2.16. The van der Waals surface area contributed by atoms with Crippen molar-refractivity contribution in [3.63, 3.8) is 0 Å². The van der Waals surface area contributed by atoms with Crippen LogP contribution in [0.25, 0.3) is 0 Å². The molecule has 0 spiro atoms. The molecule has 0 amide bonds. The summed E-state index contributed by atoms with van der Waals surface area (Å²) in [6, 6.07) is 8.07. The molecule has 1 saturated heterocycles. The van der Waals surface area contributed by atoms with Crippen molar-refractivity contribution < 1.29 is 4.74 Å². The van der Waals surface area contributed by atoms with E-state index in [0.717, 1.165) is 18.6 Å². The van der Waals surface area contributed by atoms with Crippen LogP contribution in [-0.2, 0) is 11.2 Å².